The van der Waals surface area contributed by atoms with Gasteiger partial charge in [-0.05, 0) is 61.9 Å². The normalized spacial score (nSPS) is 24.3. The van der Waals surface area contributed by atoms with E-state index >= 15 is 0 Å². The van der Waals surface area contributed by atoms with Crippen LogP contribution in [-0.4, -0.2) is 34.9 Å². The lowest BCUT2D eigenvalue weighted by molar-refractivity contribution is -0.126. The minimum Gasteiger partial charge on any atom is -0.489 e. The van der Waals surface area contributed by atoms with Gasteiger partial charge >= 0.3 is 0 Å². The van der Waals surface area contributed by atoms with E-state index in [2.05, 4.69) is 17.2 Å². The summed E-state index contributed by atoms with van der Waals surface area (Å²) in [5.41, 5.74) is 2.55. The van der Waals surface area contributed by atoms with Crippen molar-refractivity contribution in [2.75, 3.05) is 0 Å². The van der Waals surface area contributed by atoms with Crippen molar-refractivity contribution in [3.05, 3.63) is 77.0 Å². The van der Waals surface area contributed by atoms with Gasteiger partial charge in [0.2, 0.25) is 5.91 Å². The molecule has 2 aromatic carbocycles. The lowest BCUT2D eigenvalue weighted by Gasteiger charge is -2.33. The number of benzene rings is 2. The van der Waals surface area contributed by atoms with Crippen molar-refractivity contribution in [3.63, 3.8) is 0 Å². The molecule has 1 unspecified atom stereocenters. The number of piperidine rings is 1. The maximum Gasteiger partial charge on any atom is 0.255 e. The van der Waals surface area contributed by atoms with E-state index < -0.39 is 17.7 Å². The molecule has 0 bridgehead atoms. The molecule has 3 atom stereocenters. The summed E-state index contributed by atoms with van der Waals surface area (Å²) in [6, 6.07) is 8.61. The molecule has 0 spiro atoms. The van der Waals surface area contributed by atoms with Crippen molar-refractivity contribution in [2.24, 2.45) is 0 Å². The number of halogens is 2. The van der Waals surface area contributed by atoms with E-state index in [1.165, 1.54) is 12.1 Å². The van der Waals surface area contributed by atoms with Crippen LogP contribution in [0.2, 0.25) is 0 Å². The fourth-order valence-corrected chi connectivity index (χ4v) is 5.26. The minimum absolute atomic E-state index is 0.0265. The van der Waals surface area contributed by atoms with Gasteiger partial charge in [-0.25, -0.2) is 8.78 Å². The lowest BCUT2D eigenvalue weighted by Crippen LogP contribution is -2.49. The zero-order valence-corrected chi connectivity index (χ0v) is 19.5. The third-order valence-corrected chi connectivity index (χ3v) is 7.17. The van der Waals surface area contributed by atoms with Gasteiger partial charge < -0.3 is 20.3 Å². The molecule has 8 heteroatoms. The van der Waals surface area contributed by atoms with Crippen LogP contribution in [0.3, 0.4) is 0 Å². The predicted molar refractivity (Wildman–Crippen MR) is 126 cm³/mol. The number of hydrogen-bond donors (Lipinski definition) is 2. The molecule has 0 aromatic heterocycles. The number of rotatable bonds is 6. The summed E-state index contributed by atoms with van der Waals surface area (Å²) in [5.74, 6) is -0.806. The maximum absolute atomic E-state index is 14.0. The Balaban J connectivity index is 1.25. The van der Waals surface area contributed by atoms with E-state index in [1.54, 1.807) is 17.0 Å². The molecule has 2 heterocycles. The number of carbonyl (C=O) groups is 2. The Morgan fingerprint density at radius 3 is 2.71 bits per heavy atom. The first-order chi connectivity index (χ1) is 16.9. The second kappa shape index (κ2) is 9.77. The van der Waals surface area contributed by atoms with Crippen molar-refractivity contribution < 1.29 is 23.1 Å². The predicted octanol–water partition coefficient (Wildman–Crippen LogP) is 4.19. The topological polar surface area (TPSA) is 70.7 Å². The molecule has 5 rings (SSSR count). The summed E-state index contributed by atoms with van der Waals surface area (Å²) >= 11 is 0. The van der Waals surface area contributed by atoms with Gasteiger partial charge in [-0.1, -0.05) is 19.1 Å². The number of amides is 2. The number of allylic oxidation sites excluding steroid dienone is 1. The molecular weight excluding hydrogens is 452 g/mol. The number of nitrogens with one attached hydrogen (secondary N) is 2. The Kier molecular flexibility index (Phi) is 6.56. The van der Waals surface area contributed by atoms with E-state index in [0.717, 1.165) is 37.3 Å². The molecule has 2 N–H and O–H groups in total. The van der Waals surface area contributed by atoms with Gasteiger partial charge in [0, 0.05) is 42.0 Å². The Morgan fingerprint density at radius 2 is 1.91 bits per heavy atom. The number of ether oxygens (including phenoxy) is 1. The minimum atomic E-state index is -0.589. The zero-order chi connectivity index (χ0) is 24.5. The van der Waals surface area contributed by atoms with Gasteiger partial charge in [0.25, 0.3) is 5.91 Å². The third kappa shape index (κ3) is 4.93. The van der Waals surface area contributed by atoms with Crippen LogP contribution in [-0.2, 0) is 17.9 Å². The number of nitrogens with zero attached hydrogens (tertiary/aromatic N) is 1. The summed E-state index contributed by atoms with van der Waals surface area (Å²) in [6.07, 6.45) is 4.96. The fraction of sp³-hybridized carbons (Fsp3) is 0.407. The maximum atomic E-state index is 14.0. The van der Waals surface area contributed by atoms with Crippen LogP contribution in [0.5, 0.6) is 5.75 Å². The largest absolute Gasteiger partial charge is 0.489 e. The van der Waals surface area contributed by atoms with Gasteiger partial charge in [0.15, 0.2) is 0 Å². The van der Waals surface area contributed by atoms with Gasteiger partial charge in [0.05, 0.1) is 0 Å². The smallest absolute Gasteiger partial charge is 0.255 e. The van der Waals surface area contributed by atoms with E-state index in [0.29, 0.717) is 48.5 Å². The first-order valence-corrected chi connectivity index (χ1v) is 12.2. The number of hydrogen-bond acceptors (Lipinski definition) is 4. The van der Waals surface area contributed by atoms with Gasteiger partial charge in [-0.15, -0.1) is 0 Å². The highest BCUT2D eigenvalue weighted by molar-refractivity contribution is 6.01. The van der Waals surface area contributed by atoms with Crippen LogP contribution in [0.25, 0.3) is 0 Å². The molecule has 1 aliphatic carbocycles. The monoisotopic (exact) mass is 481 g/mol. The Bertz CT molecular complexity index is 1170. The van der Waals surface area contributed by atoms with E-state index in [-0.39, 0.29) is 24.0 Å². The van der Waals surface area contributed by atoms with Crippen molar-refractivity contribution in [1.29, 1.82) is 0 Å². The lowest BCUT2D eigenvalue weighted by atomic mass is 9.92. The summed E-state index contributed by atoms with van der Waals surface area (Å²) in [6.45, 7) is 4.46. The zero-order valence-electron chi connectivity index (χ0n) is 19.5. The molecule has 35 heavy (non-hydrogen) atoms. The molecule has 2 fully saturated rings. The molecule has 2 aliphatic heterocycles. The van der Waals surface area contributed by atoms with Crippen molar-refractivity contribution >= 4 is 11.8 Å². The van der Waals surface area contributed by atoms with E-state index in [1.807, 2.05) is 6.07 Å². The average Bonchev–Trinajstić information content (AvgIpc) is 3.15. The van der Waals surface area contributed by atoms with Gasteiger partial charge in [-0.2, -0.15) is 0 Å². The average molecular weight is 482 g/mol. The molecule has 0 radical (unpaired) electrons. The van der Waals surface area contributed by atoms with Crippen molar-refractivity contribution in [2.45, 2.75) is 69.8 Å². The van der Waals surface area contributed by atoms with E-state index in [9.17, 15) is 18.4 Å². The van der Waals surface area contributed by atoms with Crippen molar-refractivity contribution in [3.8, 4) is 5.75 Å². The second-order valence-electron chi connectivity index (χ2n) is 9.56. The number of carbonyl (C=O) groups excluding carboxylic acids is 2. The molecule has 184 valence electrons. The fourth-order valence-electron chi connectivity index (χ4n) is 5.26. The van der Waals surface area contributed by atoms with E-state index in [4.69, 9.17) is 4.74 Å². The Morgan fingerprint density at radius 1 is 1.09 bits per heavy atom. The van der Waals surface area contributed by atoms with Gasteiger partial charge in [0.1, 0.15) is 29.5 Å². The summed E-state index contributed by atoms with van der Waals surface area (Å²) in [5, 5.41) is 6.14. The molecule has 1 saturated heterocycles. The van der Waals surface area contributed by atoms with Crippen LogP contribution in [0.15, 0.2) is 48.7 Å². The first-order valence-electron chi connectivity index (χ1n) is 12.2. The SMILES string of the molecule is C=C1CCC(N2Cc3cc(O[C@@H]4CCCC[C@H]4NCc4ccc(F)cc4F)ccc3C2=O)C(=O)N1. The quantitative estimate of drug-likeness (QED) is 0.649. The highest BCUT2D eigenvalue weighted by Gasteiger charge is 2.38. The van der Waals surface area contributed by atoms with Crippen LogP contribution < -0.4 is 15.4 Å². The molecule has 1 saturated carbocycles. The van der Waals surface area contributed by atoms with Crippen LogP contribution in [0, 0.1) is 11.6 Å². The standard InChI is InChI=1S/C27H29F2N3O3/c1-16-6-11-24(26(33)31-16)32-15-18-12-20(9-10-21(18)27(32)34)35-25-5-3-2-4-23(25)30-14-17-7-8-19(28)13-22(17)29/h7-10,12-13,23-25,30H,1-6,11,14-15H2,(H,31,33)/t23-,24?,25-/m1/s1. The van der Waals surface area contributed by atoms with Crippen LogP contribution >= 0.6 is 0 Å². The first kappa shape index (κ1) is 23.5. The highest BCUT2D eigenvalue weighted by Crippen LogP contribution is 2.32. The van der Waals surface area contributed by atoms with Crippen LogP contribution in [0.4, 0.5) is 8.78 Å². The van der Waals surface area contributed by atoms with Crippen molar-refractivity contribution in [1.82, 2.24) is 15.5 Å². The second-order valence-corrected chi connectivity index (χ2v) is 9.56. The molecule has 6 nitrogen and oxygen atoms in total. The number of fused-ring (bicyclic) bond motifs is 1. The Labute approximate surface area is 203 Å². The summed E-state index contributed by atoms with van der Waals surface area (Å²) in [4.78, 5) is 27.0. The molecule has 3 aliphatic rings. The third-order valence-electron chi connectivity index (χ3n) is 7.17. The highest BCUT2D eigenvalue weighted by atomic mass is 19.1. The molecule has 2 amide bonds. The van der Waals surface area contributed by atoms with Crippen LogP contribution in [0.1, 0.15) is 60.0 Å². The Hall–Kier alpha value is -3.26. The summed E-state index contributed by atoms with van der Waals surface area (Å²) in [7, 11) is 0. The summed E-state index contributed by atoms with van der Waals surface area (Å²) < 4.78 is 33.6. The molecular formula is C27H29F2N3O3. The molecule has 2 aromatic rings. The van der Waals surface area contributed by atoms with Gasteiger partial charge in [-0.3, -0.25) is 9.59 Å².